The second kappa shape index (κ2) is 7.99. The molecule has 0 bridgehead atoms. The Hall–Kier alpha value is -2.53. The average Bonchev–Trinajstić information content (AvgIpc) is 3.37. The van der Waals surface area contributed by atoms with Gasteiger partial charge in [0.15, 0.2) is 17.3 Å². The predicted molar refractivity (Wildman–Crippen MR) is 138 cm³/mol. The summed E-state index contributed by atoms with van der Waals surface area (Å²) < 4.78 is 18.1. The summed E-state index contributed by atoms with van der Waals surface area (Å²) >= 11 is 0. The molecule has 0 amide bonds. The Morgan fingerprint density at radius 1 is 1.14 bits per heavy atom. The molecule has 0 N–H and O–H groups in total. The largest absolute Gasteiger partial charge is 0.492 e. The van der Waals surface area contributed by atoms with Gasteiger partial charge in [-0.05, 0) is 58.1 Å². The number of hydrogen-bond acceptors (Lipinski definition) is 4. The zero-order chi connectivity index (χ0) is 25.3. The Morgan fingerprint density at radius 3 is 2.57 bits per heavy atom. The molecule has 5 nitrogen and oxygen atoms in total. The lowest BCUT2D eigenvalue weighted by molar-refractivity contribution is -0.922. The number of Topliss-reactive ketones (excluding diaryl/α,β-unsaturated/α-hetero) is 1. The first-order valence-electron chi connectivity index (χ1n) is 12.9. The van der Waals surface area contributed by atoms with Crippen molar-refractivity contribution in [3.8, 4) is 17.2 Å². The molecule has 35 heavy (non-hydrogen) atoms. The van der Waals surface area contributed by atoms with Crippen molar-refractivity contribution in [2.45, 2.75) is 77.2 Å². The Labute approximate surface area is 210 Å². The van der Waals surface area contributed by atoms with Crippen LogP contribution >= 0.6 is 0 Å². The minimum absolute atomic E-state index is 0.0148. The molecule has 0 spiro atoms. The third-order valence-corrected chi connectivity index (χ3v) is 8.61. The van der Waals surface area contributed by atoms with Crippen molar-refractivity contribution in [2.75, 3.05) is 34.5 Å². The summed E-state index contributed by atoms with van der Waals surface area (Å²) in [6, 6.07) is 6.62. The average molecular weight is 479 g/mol. The lowest BCUT2D eigenvalue weighted by Crippen LogP contribution is -2.48. The lowest BCUT2D eigenvalue weighted by Gasteiger charge is -2.43. The van der Waals surface area contributed by atoms with Gasteiger partial charge in [-0.2, -0.15) is 0 Å². The number of fused-ring (bicyclic) bond motifs is 3. The molecule has 0 saturated carbocycles. The summed E-state index contributed by atoms with van der Waals surface area (Å²) in [4.78, 5) is 14.2. The van der Waals surface area contributed by atoms with E-state index in [2.05, 4.69) is 66.9 Å². The van der Waals surface area contributed by atoms with Crippen molar-refractivity contribution < 1.29 is 23.5 Å². The Balaban J connectivity index is 1.61. The number of rotatable bonds is 4. The summed E-state index contributed by atoms with van der Waals surface area (Å²) in [6.45, 7) is 12.5. The molecule has 2 heterocycles. The predicted octanol–water partition coefficient (Wildman–Crippen LogP) is 5.89. The van der Waals surface area contributed by atoms with Gasteiger partial charge >= 0.3 is 0 Å². The minimum Gasteiger partial charge on any atom is -0.492 e. The van der Waals surface area contributed by atoms with E-state index in [-0.39, 0.29) is 29.4 Å². The molecule has 0 fully saturated rings. The molecule has 2 aromatic rings. The van der Waals surface area contributed by atoms with Crippen LogP contribution in [0.5, 0.6) is 17.2 Å². The van der Waals surface area contributed by atoms with Gasteiger partial charge in [0, 0.05) is 12.0 Å². The third kappa shape index (κ3) is 3.92. The quantitative estimate of drug-likeness (QED) is 0.406. The summed E-state index contributed by atoms with van der Waals surface area (Å²) in [5.74, 6) is 2.38. The normalized spacial score (nSPS) is 21.4. The van der Waals surface area contributed by atoms with Gasteiger partial charge in [-0.3, -0.25) is 4.79 Å². The molecule has 5 heteroatoms. The first kappa shape index (κ1) is 24.2. The number of benzene rings is 2. The van der Waals surface area contributed by atoms with E-state index in [0.29, 0.717) is 12.2 Å². The summed E-state index contributed by atoms with van der Waals surface area (Å²) in [6.07, 6.45) is 3.41. The summed E-state index contributed by atoms with van der Waals surface area (Å²) in [5, 5.41) is 0. The Morgan fingerprint density at radius 2 is 1.89 bits per heavy atom. The van der Waals surface area contributed by atoms with Crippen molar-refractivity contribution >= 4 is 5.78 Å². The number of quaternary nitrogens is 1. The van der Waals surface area contributed by atoms with Gasteiger partial charge in [-0.25, -0.2) is 0 Å². The standard InChI is InChI=1S/C30H40NO4/c1-29(2,3)19-14-21(20-9-11-30(4,5)22(20)15-19)24(32)16-23-26-18(10-12-31(23,6)7)13-25-27(28(26)33-8)35-17-34-25/h13-15,23H,9-12,16-17H2,1-8H3/q+1/t23-/m1/s1. The van der Waals surface area contributed by atoms with E-state index in [0.717, 1.165) is 52.9 Å². The van der Waals surface area contributed by atoms with Crippen LogP contribution in [-0.4, -0.2) is 44.8 Å². The maximum absolute atomic E-state index is 14.2. The van der Waals surface area contributed by atoms with Crippen LogP contribution < -0.4 is 14.2 Å². The van der Waals surface area contributed by atoms with Gasteiger partial charge in [0.2, 0.25) is 12.5 Å². The van der Waals surface area contributed by atoms with Gasteiger partial charge in [0.05, 0.1) is 39.7 Å². The van der Waals surface area contributed by atoms with E-state index in [4.69, 9.17) is 14.2 Å². The number of carbonyl (C=O) groups is 1. The number of ketones is 1. The maximum Gasteiger partial charge on any atom is 0.231 e. The number of ether oxygens (including phenoxy) is 3. The van der Waals surface area contributed by atoms with Crippen LogP contribution in [0.15, 0.2) is 18.2 Å². The van der Waals surface area contributed by atoms with Crippen molar-refractivity contribution in [3.63, 3.8) is 0 Å². The van der Waals surface area contributed by atoms with Gasteiger partial charge in [-0.15, -0.1) is 0 Å². The van der Waals surface area contributed by atoms with E-state index in [1.807, 2.05) is 0 Å². The highest BCUT2D eigenvalue weighted by atomic mass is 16.7. The first-order valence-corrected chi connectivity index (χ1v) is 12.9. The fourth-order valence-corrected chi connectivity index (χ4v) is 6.20. The van der Waals surface area contributed by atoms with Crippen LogP contribution in [0.2, 0.25) is 0 Å². The minimum atomic E-state index is -0.0172. The number of nitrogens with zero attached hydrogens (tertiary/aromatic N) is 1. The monoisotopic (exact) mass is 478 g/mol. The van der Waals surface area contributed by atoms with Crippen molar-refractivity contribution in [1.82, 2.24) is 0 Å². The van der Waals surface area contributed by atoms with Crippen molar-refractivity contribution in [1.29, 1.82) is 0 Å². The molecule has 0 radical (unpaired) electrons. The van der Waals surface area contributed by atoms with Gasteiger partial charge in [0.25, 0.3) is 0 Å². The highest BCUT2D eigenvalue weighted by Gasteiger charge is 2.43. The SMILES string of the molecule is COc1c2c(cc3c1[C@@H](CC(=O)c1cc(C(C)(C)C)cc4c1CCC4(C)C)[N+](C)(C)CC3)OCO2. The van der Waals surface area contributed by atoms with Crippen LogP contribution in [-0.2, 0) is 23.7 Å². The van der Waals surface area contributed by atoms with E-state index in [9.17, 15) is 4.79 Å². The molecular weight excluding hydrogens is 438 g/mol. The van der Waals surface area contributed by atoms with E-state index in [1.54, 1.807) is 7.11 Å². The van der Waals surface area contributed by atoms with Gasteiger partial charge in [-0.1, -0.05) is 40.7 Å². The van der Waals surface area contributed by atoms with Crippen LogP contribution in [0.3, 0.4) is 0 Å². The van der Waals surface area contributed by atoms with Crippen LogP contribution in [0.4, 0.5) is 0 Å². The van der Waals surface area contributed by atoms with Crippen LogP contribution in [0, 0.1) is 0 Å². The van der Waals surface area contributed by atoms with Crippen molar-refractivity contribution in [3.05, 3.63) is 51.6 Å². The Kier molecular flexibility index (Phi) is 5.52. The molecule has 3 aliphatic rings. The number of carbonyl (C=O) groups excluding carboxylic acids is 1. The lowest BCUT2D eigenvalue weighted by atomic mass is 9.78. The molecule has 5 rings (SSSR count). The number of hydrogen-bond donors (Lipinski definition) is 0. The third-order valence-electron chi connectivity index (χ3n) is 8.61. The van der Waals surface area contributed by atoms with E-state index < -0.39 is 0 Å². The molecule has 1 atom stereocenters. The second-order valence-corrected chi connectivity index (χ2v) is 12.8. The topological polar surface area (TPSA) is 44.8 Å². The zero-order valence-corrected chi connectivity index (χ0v) is 22.6. The van der Waals surface area contributed by atoms with Gasteiger partial charge in [0.1, 0.15) is 6.04 Å². The molecule has 1 aliphatic carbocycles. The highest BCUT2D eigenvalue weighted by molar-refractivity contribution is 5.99. The number of likely N-dealkylation sites (N-methyl/N-ethyl adjacent to an activating group) is 1. The van der Waals surface area contributed by atoms with E-state index in [1.165, 1.54) is 22.3 Å². The fourth-order valence-electron chi connectivity index (χ4n) is 6.20. The molecule has 2 aromatic carbocycles. The van der Waals surface area contributed by atoms with Crippen LogP contribution in [0.1, 0.15) is 91.7 Å². The molecule has 0 saturated heterocycles. The van der Waals surface area contributed by atoms with Gasteiger partial charge < -0.3 is 18.7 Å². The van der Waals surface area contributed by atoms with Crippen molar-refractivity contribution in [2.24, 2.45) is 0 Å². The fraction of sp³-hybridized carbons (Fsp3) is 0.567. The summed E-state index contributed by atoms with van der Waals surface area (Å²) in [5.41, 5.74) is 7.16. The number of methoxy groups -OCH3 is 1. The first-order chi connectivity index (χ1) is 16.3. The Bertz CT molecular complexity index is 1200. The maximum atomic E-state index is 14.2. The molecule has 0 unspecified atom stereocenters. The second-order valence-electron chi connectivity index (χ2n) is 12.8. The van der Waals surface area contributed by atoms with Crippen LogP contribution in [0.25, 0.3) is 0 Å². The molecular formula is C30H40NO4+. The van der Waals surface area contributed by atoms with E-state index >= 15 is 0 Å². The zero-order valence-electron chi connectivity index (χ0n) is 22.6. The highest BCUT2D eigenvalue weighted by Crippen LogP contribution is 2.52. The smallest absolute Gasteiger partial charge is 0.231 e. The summed E-state index contributed by atoms with van der Waals surface area (Å²) in [7, 11) is 6.14. The molecule has 2 aliphatic heterocycles. The molecule has 188 valence electrons. The molecule has 0 aromatic heterocycles.